The molecule has 0 bridgehead atoms. The molecule has 0 spiro atoms. The number of nitrogens with zero attached hydrogens (tertiary/aromatic N) is 3. The van der Waals surface area contributed by atoms with Crippen molar-refractivity contribution in [2.24, 2.45) is 0 Å². The predicted octanol–water partition coefficient (Wildman–Crippen LogP) is 3.29. The van der Waals surface area contributed by atoms with Crippen LogP contribution in [-0.4, -0.2) is 48.8 Å². The molecule has 0 aliphatic carbocycles. The van der Waals surface area contributed by atoms with Gasteiger partial charge in [-0.05, 0) is 48.7 Å². The fourth-order valence-corrected chi connectivity index (χ4v) is 3.74. The van der Waals surface area contributed by atoms with Gasteiger partial charge in [-0.2, -0.15) is 0 Å². The molecule has 26 heavy (non-hydrogen) atoms. The predicted molar refractivity (Wildman–Crippen MR) is 101 cm³/mol. The summed E-state index contributed by atoms with van der Waals surface area (Å²) < 4.78 is 5.41. The average molecular weight is 352 g/mol. The molecule has 2 aliphatic rings. The molecule has 2 saturated heterocycles. The molecule has 3 heterocycles. The topological polar surface area (TPSA) is 57.7 Å². The number of rotatable bonds is 3. The van der Waals surface area contributed by atoms with Gasteiger partial charge in [0.25, 0.3) is 0 Å². The summed E-state index contributed by atoms with van der Waals surface area (Å²) in [5, 5.41) is 3.08. The smallest absolute Gasteiger partial charge is 0.322 e. The van der Waals surface area contributed by atoms with E-state index in [0.717, 1.165) is 62.6 Å². The van der Waals surface area contributed by atoms with E-state index in [1.54, 1.807) is 12.4 Å². The highest BCUT2D eigenvalue weighted by Gasteiger charge is 2.30. The van der Waals surface area contributed by atoms with E-state index in [9.17, 15) is 4.79 Å². The average Bonchev–Trinajstić information content (AvgIpc) is 3.20. The number of carbonyl (C=O) groups excluding carboxylic acids is 1. The van der Waals surface area contributed by atoms with Gasteiger partial charge >= 0.3 is 6.03 Å². The number of anilines is 2. The van der Waals surface area contributed by atoms with E-state index >= 15 is 0 Å². The second-order valence-corrected chi connectivity index (χ2v) is 6.71. The Hall–Kier alpha value is -2.60. The molecule has 0 radical (unpaired) electrons. The van der Waals surface area contributed by atoms with Crippen LogP contribution in [0.4, 0.5) is 16.2 Å². The SMILES string of the molecule is O=C(Nc1cccc(N2CCOCC2)c1)N1CCC[C@@H]1c1ccncc1. The van der Waals surface area contributed by atoms with E-state index in [-0.39, 0.29) is 12.1 Å². The van der Waals surface area contributed by atoms with Crippen LogP contribution in [0.15, 0.2) is 48.8 Å². The maximum absolute atomic E-state index is 12.9. The summed E-state index contributed by atoms with van der Waals surface area (Å²) in [5.41, 5.74) is 3.10. The first kappa shape index (κ1) is 16.8. The van der Waals surface area contributed by atoms with Crippen LogP contribution in [0.3, 0.4) is 0 Å². The van der Waals surface area contributed by atoms with Crippen LogP contribution in [0.2, 0.25) is 0 Å². The molecule has 6 nitrogen and oxygen atoms in total. The molecule has 6 heteroatoms. The molecule has 1 atom stereocenters. The molecule has 2 fully saturated rings. The standard InChI is InChI=1S/C20H24N4O2/c25-20(24-10-2-5-19(24)16-6-8-21-9-7-16)22-17-3-1-4-18(15-17)23-11-13-26-14-12-23/h1,3-4,6-9,15,19H,2,5,10-14H2,(H,22,25)/t19-/m1/s1. The Kier molecular flexibility index (Phi) is 5.02. The van der Waals surface area contributed by atoms with Gasteiger partial charge in [-0.25, -0.2) is 4.79 Å². The molecule has 2 aliphatic heterocycles. The number of likely N-dealkylation sites (tertiary alicyclic amines) is 1. The van der Waals surface area contributed by atoms with Gasteiger partial charge in [0, 0.05) is 43.4 Å². The summed E-state index contributed by atoms with van der Waals surface area (Å²) in [6, 6.07) is 12.1. The number of morpholine rings is 1. The summed E-state index contributed by atoms with van der Waals surface area (Å²) >= 11 is 0. The maximum atomic E-state index is 12.9. The third-order valence-corrected chi connectivity index (χ3v) is 5.08. The number of urea groups is 1. The Labute approximate surface area is 153 Å². The molecule has 136 valence electrons. The highest BCUT2D eigenvalue weighted by atomic mass is 16.5. The quantitative estimate of drug-likeness (QED) is 0.921. The zero-order valence-electron chi connectivity index (χ0n) is 14.8. The van der Waals surface area contributed by atoms with Crippen LogP contribution in [-0.2, 0) is 4.74 Å². The molecule has 4 rings (SSSR count). The van der Waals surface area contributed by atoms with Crippen molar-refractivity contribution in [1.82, 2.24) is 9.88 Å². The third-order valence-electron chi connectivity index (χ3n) is 5.08. The van der Waals surface area contributed by atoms with Gasteiger partial charge < -0.3 is 19.9 Å². The molecular formula is C20H24N4O2. The Morgan fingerprint density at radius 1 is 1.12 bits per heavy atom. The number of ether oxygens (including phenoxy) is 1. The summed E-state index contributed by atoms with van der Waals surface area (Å²) in [6.45, 7) is 4.04. The van der Waals surface area contributed by atoms with Crippen LogP contribution < -0.4 is 10.2 Å². The lowest BCUT2D eigenvalue weighted by atomic mass is 10.1. The summed E-state index contributed by atoms with van der Waals surface area (Å²) in [5.74, 6) is 0. The minimum absolute atomic E-state index is 0.0385. The number of carbonyl (C=O) groups is 1. The second-order valence-electron chi connectivity index (χ2n) is 6.71. The zero-order valence-corrected chi connectivity index (χ0v) is 14.8. The maximum Gasteiger partial charge on any atom is 0.322 e. The second kappa shape index (κ2) is 7.74. The van der Waals surface area contributed by atoms with E-state index in [4.69, 9.17) is 4.74 Å². The van der Waals surface area contributed by atoms with Gasteiger partial charge in [-0.15, -0.1) is 0 Å². The normalized spacial score (nSPS) is 20.2. The number of aromatic nitrogens is 1. The molecule has 2 aromatic rings. The zero-order chi connectivity index (χ0) is 17.8. The van der Waals surface area contributed by atoms with Gasteiger partial charge in [0.15, 0.2) is 0 Å². The number of hydrogen-bond acceptors (Lipinski definition) is 4. The minimum Gasteiger partial charge on any atom is -0.378 e. The van der Waals surface area contributed by atoms with Crippen molar-refractivity contribution < 1.29 is 9.53 Å². The molecule has 1 N–H and O–H groups in total. The first-order valence-electron chi connectivity index (χ1n) is 9.21. The molecule has 0 saturated carbocycles. The van der Waals surface area contributed by atoms with Crippen molar-refractivity contribution in [3.8, 4) is 0 Å². The van der Waals surface area contributed by atoms with E-state index in [2.05, 4.69) is 21.3 Å². The van der Waals surface area contributed by atoms with Crippen molar-refractivity contribution in [2.75, 3.05) is 43.1 Å². The van der Waals surface area contributed by atoms with Gasteiger partial charge in [-0.3, -0.25) is 4.98 Å². The Morgan fingerprint density at radius 2 is 1.92 bits per heavy atom. The lowest BCUT2D eigenvalue weighted by Crippen LogP contribution is -2.36. The van der Waals surface area contributed by atoms with Crippen LogP contribution in [0.1, 0.15) is 24.4 Å². The first-order valence-corrected chi connectivity index (χ1v) is 9.21. The van der Waals surface area contributed by atoms with Gasteiger partial charge in [0.2, 0.25) is 0 Å². The van der Waals surface area contributed by atoms with Crippen LogP contribution >= 0.6 is 0 Å². The lowest BCUT2D eigenvalue weighted by Gasteiger charge is -2.29. The van der Waals surface area contributed by atoms with E-state index in [1.807, 2.05) is 35.2 Å². The van der Waals surface area contributed by atoms with Crippen LogP contribution in [0, 0.1) is 0 Å². The summed E-state index contributed by atoms with van der Waals surface area (Å²) in [7, 11) is 0. The fourth-order valence-electron chi connectivity index (χ4n) is 3.74. The number of hydrogen-bond donors (Lipinski definition) is 1. The lowest BCUT2D eigenvalue weighted by molar-refractivity contribution is 0.122. The number of nitrogens with one attached hydrogen (secondary N) is 1. The molecule has 0 unspecified atom stereocenters. The summed E-state index contributed by atoms with van der Waals surface area (Å²) in [4.78, 5) is 21.1. The monoisotopic (exact) mass is 352 g/mol. The van der Waals surface area contributed by atoms with E-state index in [1.165, 1.54) is 0 Å². The van der Waals surface area contributed by atoms with Crippen molar-refractivity contribution in [1.29, 1.82) is 0 Å². The van der Waals surface area contributed by atoms with Crippen molar-refractivity contribution in [2.45, 2.75) is 18.9 Å². The third kappa shape index (κ3) is 3.65. The highest BCUT2D eigenvalue weighted by Crippen LogP contribution is 2.32. The molecule has 2 amide bonds. The largest absolute Gasteiger partial charge is 0.378 e. The Bertz CT molecular complexity index is 746. The van der Waals surface area contributed by atoms with Crippen LogP contribution in [0.25, 0.3) is 0 Å². The van der Waals surface area contributed by atoms with Crippen molar-refractivity contribution >= 4 is 17.4 Å². The van der Waals surface area contributed by atoms with Gasteiger partial charge in [0.05, 0.1) is 19.3 Å². The first-order chi connectivity index (χ1) is 12.8. The summed E-state index contributed by atoms with van der Waals surface area (Å²) in [6.07, 6.45) is 5.59. The number of benzene rings is 1. The molecule has 1 aromatic heterocycles. The fraction of sp³-hybridized carbons (Fsp3) is 0.400. The minimum atomic E-state index is -0.0385. The highest BCUT2D eigenvalue weighted by molar-refractivity contribution is 5.90. The Morgan fingerprint density at radius 3 is 2.73 bits per heavy atom. The van der Waals surface area contributed by atoms with Gasteiger partial charge in [0.1, 0.15) is 0 Å². The Balaban J connectivity index is 1.46. The molecular weight excluding hydrogens is 328 g/mol. The molecule has 1 aromatic carbocycles. The van der Waals surface area contributed by atoms with Crippen molar-refractivity contribution in [3.05, 3.63) is 54.4 Å². The van der Waals surface area contributed by atoms with Crippen molar-refractivity contribution in [3.63, 3.8) is 0 Å². The number of pyridine rings is 1. The van der Waals surface area contributed by atoms with Gasteiger partial charge in [-0.1, -0.05) is 6.07 Å². The number of amides is 2. The van der Waals surface area contributed by atoms with E-state index < -0.39 is 0 Å². The van der Waals surface area contributed by atoms with Crippen LogP contribution in [0.5, 0.6) is 0 Å². The van der Waals surface area contributed by atoms with E-state index in [0.29, 0.717) is 0 Å².